The molecule has 2 aliphatic rings. The molecule has 3 aromatic rings. The lowest BCUT2D eigenvalue weighted by molar-refractivity contribution is 0.0716. The fourth-order valence-electron chi connectivity index (χ4n) is 4.77. The van der Waals surface area contributed by atoms with Crippen molar-refractivity contribution in [3.05, 3.63) is 63.7 Å². The van der Waals surface area contributed by atoms with E-state index in [0.29, 0.717) is 35.3 Å². The summed E-state index contributed by atoms with van der Waals surface area (Å²) >= 11 is 0. The minimum atomic E-state index is -0.222. The molecule has 0 unspecified atom stereocenters. The average Bonchev–Trinajstić information content (AvgIpc) is 3.41. The lowest BCUT2D eigenvalue weighted by Crippen LogP contribution is -2.34. The summed E-state index contributed by atoms with van der Waals surface area (Å²) in [5.74, 6) is 1.46. The first kappa shape index (κ1) is 23.1. The van der Waals surface area contributed by atoms with Gasteiger partial charge in [-0.3, -0.25) is 14.7 Å². The van der Waals surface area contributed by atoms with Crippen molar-refractivity contribution in [1.82, 2.24) is 24.8 Å². The predicted molar refractivity (Wildman–Crippen MR) is 122 cm³/mol. The molecule has 2 fully saturated rings. The van der Waals surface area contributed by atoms with Crippen molar-refractivity contribution in [3.63, 3.8) is 0 Å². The summed E-state index contributed by atoms with van der Waals surface area (Å²) in [6.45, 7) is 4.23. The summed E-state index contributed by atoms with van der Waals surface area (Å²) < 4.78 is 6.61. The molecule has 2 aliphatic heterocycles. The molecule has 2 N–H and O–H groups in total. The van der Waals surface area contributed by atoms with Crippen molar-refractivity contribution >= 4 is 36.4 Å². The maximum absolute atomic E-state index is 13.6. The van der Waals surface area contributed by atoms with Gasteiger partial charge in [0.15, 0.2) is 5.65 Å². The summed E-state index contributed by atoms with van der Waals surface area (Å²) in [5.41, 5.74) is 2.27. The van der Waals surface area contributed by atoms with Gasteiger partial charge in [-0.25, -0.2) is 9.50 Å². The van der Waals surface area contributed by atoms with E-state index in [1.165, 1.54) is 10.6 Å². The third-order valence-corrected chi connectivity index (χ3v) is 6.14. The molecule has 4 heterocycles. The molecule has 5 rings (SSSR count). The predicted octanol–water partition coefficient (Wildman–Crippen LogP) is 2.22. The van der Waals surface area contributed by atoms with Gasteiger partial charge in [0.2, 0.25) is 0 Å². The van der Waals surface area contributed by atoms with E-state index < -0.39 is 0 Å². The number of carbonyl (C=O) groups excluding carboxylic acids is 1. The molecular formula is C21H25Cl2N5O3. The zero-order valence-electron chi connectivity index (χ0n) is 17.2. The number of methoxy groups -OCH3 is 1. The van der Waals surface area contributed by atoms with Crippen LogP contribution in [0, 0.1) is 18.8 Å². The Morgan fingerprint density at radius 1 is 1.19 bits per heavy atom. The minimum Gasteiger partial charge on any atom is -0.497 e. The zero-order valence-corrected chi connectivity index (χ0v) is 18.8. The molecule has 3 atom stereocenters. The van der Waals surface area contributed by atoms with Crippen LogP contribution in [-0.2, 0) is 0 Å². The maximum atomic E-state index is 13.6. The van der Waals surface area contributed by atoms with Crippen molar-refractivity contribution in [3.8, 4) is 5.75 Å². The normalized spacial score (nSPS) is 22.0. The first-order chi connectivity index (χ1) is 14.1. The van der Waals surface area contributed by atoms with Crippen LogP contribution in [0.25, 0.3) is 5.65 Å². The SMILES string of the molecule is COc1ccc([C@@H]2[C@H]3CNC[C@H]3CN2C(=O)c2c[nH]n3c(=O)cc(C)nc23)cc1.Cl.Cl. The topological polar surface area (TPSA) is 91.7 Å². The van der Waals surface area contributed by atoms with Gasteiger partial charge < -0.3 is 15.0 Å². The molecule has 166 valence electrons. The molecular weight excluding hydrogens is 441 g/mol. The summed E-state index contributed by atoms with van der Waals surface area (Å²) in [6.07, 6.45) is 1.59. The Kier molecular flexibility index (Phi) is 6.64. The second-order valence-corrected chi connectivity index (χ2v) is 7.84. The van der Waals surface area contributed by atoms with Crippen LogP contribution >= 0.6 is 24.8 Å². The molecule has 0 aliphatic carbocycles. The summed E-state index contributed by atoms with van der Waals surface area (Å²) in [7, 11) is 1.64. The second kappa shape index (κ2) is 8.90. The summed E-state index contributed by atoms with van der Waals surface area (Å²) in [5, 5.41) is 6.33. The van der Waals surface area contributed by atoms with E-state index in [2.05, 4.69) is 15.4 Å². The molecule has 0 spiro atoms. The minimum absolute atomic E-state index is 0. The molecule has 1 amide bonds. The third kappa shape index (κ3) is 3.79. The van der Waals surface area contributed by atoms with Crippen LogP contribution in [0.15, 0.2) is 41.3 Å². The molecule has 2 aromatic heterocycles. The number of nitrogens with one attached hydrogen (secondary N) is 2. The van der Waals surface area contributed by atoms with Crippen molar-refractivity contribution in [2.45, 2.75) is 13.0 Å². The van der Waals surface area contributed by atoms with Crippen LogP contribution in [0.3, 0.4) is 0 Å². The Bertz CT molecular complexity index is 1140. The zero-order chi connectivity index (χ0) is 20.1. The number of H-pyrrole nitrogens is 1. The van der Waals surface area contributed by atoms with Crippen LogP contribution in [0.2, 0.25) is 0 Å². The first-order valence-electron chi connectivity index (χ1n) is 9.80. The van der Waals surface area contributed by atoms with E-state index >= 15 is 0 Å². The smallest absolute Gasteiger partial charge is 0.272 e. The highest BCUT2D eigenvalue weighted by atomic mass is 35.5. The number of likely N-dealkylation sites (tertiary alicyclic amines) is 1. The van der Waals surface area contributed by atoms with Gasteiger partial charge in [-0.05, 0) is 30.5 Å². The Balaban J connectivity index is 0.00000136. The number of carbonyl (C=O) groups is 1. The largest absolute Gasteiger partial charge is 0.497 e. The Morgan fingerprint density at radius 2 is 1.94 bits per heavy atom. The molecule has 0 radical (unpaired) electrons. The number of aromatic amines is 1. The standard InChI is InChI=1S/C21H23N5O3.2ClH/c1-12-7-18(27)26-20(24-12)17(10-23-26)21(28)25-11-14-8-22-9-16(14)19(25)13-3-5-15(29-2)6-4-13;;/h3-7,10,14,16,19,22-23H,8-9,11H2,1-2H3;2*1H/t14-,16-,19+;;/m0../s1. The molecule has 0 bridgehead atoms. The van der Waals surface area contributed by atoms with Gasteiger partial charge >= 0.3 is 0 Å². The number of aryl methyl sites for hydroxylation is 1. The highest BCUT2D eigenvalue weighted by Gasteiger charge is 2.47. The van der Waals surface area contributed by atoms with Crippen LogP contribution in [0.5, 0.6) is 5.75 Å². The molecule has 2 saturated heterocycles. The quantitative estimate of drug-likeness (QED) is 0.618. The number of benzene rings is 1. The number of fused-ring (bicyclic) bond motifs is 2. The first-order valence-corrected chi connectivity index (χ1v) is 9.80. The number of halogens is 2. The third-order valence-electron chi connectivity index (χ3n) is 6.14. The van der Waals surface area contributed by atoms with Gasteiger partial charge in [0.25, 0.3) is 11.5 Å². The van der Waals surface area contributed by atoms with Crippen LogP contribution < -0.4 is 15.6 Å². The van der Waals surface area contributed by atoms with E-state index in [1.807, 2.05) is 29.2 Å². The number of amides is 1. The molecule has 1 aromatic carbocycles. The van der Waals surface area contributed by atoms with E-state index in [4.69, 9.17) is 4.74 Å². The van der Waals surface area contributed by atoms with Crippen LogP contribution in [-0.4, -0.2) is 52.1 Å². The Hall–Kier alpha value is -2.55. The van der Waals surface area contributed by atoms with Crippen molar-refractivity contribution in [2.75, 3.05) is 26.7 Å². The van der Waals surface area contributed by atoms with Gasteiger partial charge in [-0.2, -0.15) is 0 Å². The van der Waals surface area contributed by atoms with Gasteiger partial charge in [-0.1, -0.05) is 12.1 Å². The van der Waals surface area contributed by atoms with Gasteiger partial charge in [0.1, 0.15) is 11.3 Å². The van der Waals surface area contributed by atoms with Crippen molar-refractivity contribution in [2.24, 2.45) is 11.8 Å². The maximum Gasteiger partial charge on any atom is 0.272 e. The monoisotopic (exact) mass is 465 g/mol. The molecule has 31 heavy (non-hydrogen) atoms. The highest BCUT2D eigenvalue weighted by molar-refractivity contribution is 6.00. The average molecular weight is 466 g/mol. The van der Waals surface area contributed by atoms with Crippen LogP contribution in [0.4, 0.5) is 0 Å². The fourth-order valence-corrected chi connectivity index (χ4v) is 4.77. The highest BCUT2D eigenvalue weighted by Crippen LogP contribution is 2.43. The summed E-state index contributed by atoms with van der Waals surface area (Å²) in [4.78, 5) is 32.2. The molecule has 10 heteroatoms. The molecule has 0 saturated carbocycles. The van der Waals surface area contributed by atoms with Crippen molar-refractivity contribution < 1.29 is 9.53 Å². The van der Waals surface area contributed by atoms with Crippen LogP contribution in [0.1, 0.15) is 27.7 Å². The van der Waals surface area contributed by atoms with E-state index in [-0.39, 0.29) is 42.3 Å². The lowest BCUT2D eigenvalue weighted by atomic mass is 9.89. The lowest BCUT2D eigenvalue weighted by Gasteiger charge is -2.28. The van der Waals surface area contributed by atoms with Crippen molar-refractivity contribution in [1.29, 1.82) is 0 Å². The summed E-state index contributed by atoms with van der Waals surface area (Å²) in [6, 6.07) is 9.36. The second-order valence-electron chi connectivity index (χ2n) is 7.84. The van der Waals surface area contributed by atoms with Gasteiger partial charge in [0, 0.05) is 43.5 Å². The number of rotatable bonds is 3. The van der Waals surface area contributed by atoms with Gasteiger partial charge in [0.05, 0.1) is 13.2 Å². The van der Waals surface area contributed by atoms with E-state index in [0.717, 1.165) is 24.4 Å². The Labute approximate surface area is 191 Å². The van der Waals surface area contributed by atoms with Gasteiger partial charge in [-0.15, -0.1) is 24.8 Å². The van der Waals surface area contributed by atoms with E-state index in [1.54, 1.807) is 20.2 Å². The van der Waals surface area contributed by atoms with E-state index in [9.17, 15) is 9.59 Å². The Morgan fingerprint density at radius 3 is 2.65 bits per heavy atom. The molecule has 8 nitrogen and oxygen atoms in total. The number of aromatic nitrogens is 3. The number of hydrogen-bond acceptors (Lipinski definition) is 5. The number of ether oxygens (including phenoxy) is 1. The number of hydrogen-bond donors (Lipinski definition) is 2. The number of nitrogens with zero attached hydrogens (tertiary/aromatic N) is 3. The fraction of sp³-hybridized carbons (Fsp3) is 0.381.